The van der Waals surface area contributed by atoms with Gasteiger partial charge in [-0.25, -0.2) is 4.57 Å². The minimum absolute atomic E-state index is 0.0431. The van der Waals surface area contributed by atoms with Gasteiger partial charge in [0.1, 0.15) is 25.9 Å². The Kier molecular flexibility index (Phi) is 20.7. The van der Waals surface area contributed by atoms with Gasteiger partial charge in [-0.05, 0) is 25.7 Å². The van der Waals surface area contributed by atoms with E-state index in [9.17, 15) is 24.5 Å². The summed E-state index contributed by atoms with van der Waals surface area (Å²) < 4.78 is 27.0. The van der Waals surface area contributed by atoms with E-state index in [1.807, 2.05) is 27.2 Å². The average Bonchev–Trinajstić information content (AvgIpc) is 2.79. The van der Waals surface area contributed by atoms with Gasteiger partial charge in [0, 0.05) is 6.42 Å². The first-order chi connectivity index (χ1) is 16.9. The van der Waals surface area contributed by atoms with Gasteiger partial charge in [0.25, 0.3) is 0 Å². The predicted molar refractivity (Wildman–Crippen MR) is 142 cm³/mol. The van der Waals surface area contributed by atoms with Crippen LogP contribution in [0.2, 0.25) is 0 Å². The Morgan fingerprint density at radius 1 is 0.917 bits per heavy atom. The van der Waals surface area contributed by atoms with Crippen molar-refractivity contribution < 1.29 is 42.7 Å². The van der Waals surface area contributed by atoms with E-state index in [-0.39, 0.29) is 25.7 Å². The number of carbonyl (C=O) groups is 1. The number of phosphoric ester groups is 1. The lowest BCUT2D eigenvalue weighted by atomic mass is 10.1. The van der Waals surface area contributed by atoms with Crippen LogP contribution in [0.4, 0.5) is 0 Å². The van der Waals surface area contributed by atoms with E-state index >= 15 is 0 Å². The summed E-state index contributed by atoms with van der Waals surface area (Å²) >= 11 is 0. The second-order valence-corrected chi connectivity index (χ2v) is 11.9. The van der Waals surface area contributed by atoms with Crippen LogP contribution in [0, 0.1) is 0 Å². The fourth-order valence-corrected chi connectivity index (χ4v) is 4.07. The summed E-state index contributed by atoms with van der Waals surface area (Å²) in [5.41, 5.74) is 0. The third kappa shape index (κ3) is 24.9. The number of carbonyl (C=O) groups excluding carboxylic acids is 1. The SMILES string of the molecule is CCCCCCCC(O)/C=C\CCCCCCCC(=O)OC[C@@H](O)COP(=O)(O)OCC[N+](C)(C)C. The van der Waals surface area contributed by atoms with Gasteiger partial charge >= 0.3 is 13.8 Å². The number of ether oxygens (including phenoxy) is 1. The summed E-state index contributed by atoms with van der Waals surface area (Å²) in [7, 11) is 1.52. The monoisotopic (exact) mass is 538 g/mol. The zero-order chi connectivity index (χ0) is 27.3. The second-order valence-electron chi connectivity index (χ2n) is 10.5. The van der Waals surface area contributed by atoms with Crippen molar-refractivity contribution in [3.8, 4) is 0 Å². The molecule has 214 valence electrons. The van der Waals surface area contributed by atoms with Crippen molar-refractivity contribution in [1.29, 1.82) is 0 Å². The minimum Gasteiger partial charge on any atom is -0.463 e. The molecule has 0 aromatic carbocycles. The maximum atomic E-state index is 11.8. The standard InChI is InChI=1S/C26H52NO8P/c1-5-6-7-11-14-17-24(28)18-15-12-9-8-10-13-16-19-26(30)33-22-25(29)23-35-36(31,32)34-21-20-27(2,3)4/h15,18,24-25,28-29H,5-14,16-17,19-23H2,1-4H3/p+1/b18-15-/t24?,25-/m1/s1. The Labute approximate surface area is 219 Å². The van der Waals surface area contributed by atoms with Crippen LogP contribution in [0.1, 0.15) is 90.4 Å². The van der Waals surface area contributed by atoms with Crippen LogP contribution < -0.4 is 0 Å². The lowest BCUT2D eigenvalue weighted by molar-refractivity contribution is -0.870. The lowest BCUT2D eigenvalue weighted by Crippen LogP contribution is -2.37. The molecule has 0 aliphatic carbocycles. The quantitative estimate of drug-likeness (QED) is 0.0530. The van der Waals surface area contributed by atoms with Crippen LogP contribution in [0.5, 0.6) is 0 Å². The Morgan fingerprint density at radius 3 is 2.25 bits per heavy atom. The van der Waals surface area contributed by atoms with Gasteiger partial charge in [-0.2, -0.15) is 0 Å². The number of quaternary nitrogens is 1. The van der Waals surface area contributed by atoms with E-state index in [4.69, 9.17) is 13.8 Å². The predicted octanol–water partition coefficient (Wildman–Crippen LogP) is 4.74. The van der Waals surface area contributed by atoms with E-state index in [0.717, 1.165) is 44.9 Å². The molecule has 0 rings (SSSR count). The Bertz CT molecular complexity index is 624. The van der Waals surface area contributed by atoms with Gasteiger partial charge in [0.2, 0.25) is 0 Å². The number of aliphatic hydroxyl groups excluding tert-OH is 2. The summed E-state index contributed by atoms with van der Waals surface area (Å²) in [4.78, 5) is 21.4. The maximum absolute atomic E-state index is 11.8. The minimum atomic E-state index is -4.26. The van der Waals surface area contributed by atoms with Gasteiger partial charge in [-0.3, -0.25) is 13.8 Å². The number of esters is 1. The van der Waals surface area contributed by atoms with E-state index in [0.29, 0.717) is 17.4 Å². The third-order valence-electron chi connectivity index (χ3n) is 5.60. The van der Waals surface area contributed by atoms with Crippen LogP contribution in [0.3, 0.4) is 0 Å². The largest absolute Gasteiger partial charge is 0.472 e. The fourth-order valence-electron chi connectivity index (χ4n) is 3.33. The number of unbranched alkanes of at least 4 members (excludes halogenated alkanes) is 9. The van der Waals surface area contributed by atoms with Crippen molar-refractivity contribution in [2.24, 2.45) is 0 Å². The highest BCUT2D eigenvalue weighted by molar-refractivity contribution is 7.47. The van der Waals surface area contributed by atoms with Crippen LogP contribution >= 0.6 is 7.82 Å². The van der Waals surface area contributed by atoms with Gasteiger partial charge in [-0.15, -0.1) is 0 Å². The molecule has 0 heterocycles. The molecule has 0 aromatic rings. The summed E-state index contributed by atoms with van der Waals surface area (Å²) in [6, 6.07) is 0. The molecule has 0 radical (unpaired) electrons. The highest BCUT2D eigenvalue weighted by atomic mass is 31.2. The van der Waals surface area contributed by atoms with E-state index in [1.54, 1.807) is 0 Å². The molecular weight excluding hydrogens is 485 g/mol. The first-order valence-electron chi connectivity index (χ1n) is 13.6. The third-order valence-corrected chi connectivity index (χ3v) is 6.58. The molecule has 0 aliphatic rings. The second kappa shape index (κ2) is 21.2. The van der Waals surface area contributed by atoms with Crippen molar-refractivity contribution in [1.82, 2.24) is 0 Å². The number of phosphoric acid groups is 1. The molecule has 36 heavy (non-hydrogen) atoms. The van der Waals surface area contributed by atoms with Gasteiger partial charge in [0.05, 0.1) is 33.9 Å². The van der Waals surface area contributed by atoms with Gasteiger partial charge in [-0.1, -0.05) is 70.4 Å². The van der Waals surface area contributed by atoms with E-state index in [2.05, 4.69) is 13.0 Å². The number of nitrogens with zero attached hydrogens (tertiary/aromatic N) is 1. The van der Waals surface area contributed by atoms with Crippen molar-refractivity contribution >= 4 is 13.8 Å². The molecule has 0 amide bonds. The molecule has 0 aliphatic heterocycles. The van der Waals surface area contributed by atoms with Crippen molar-refractivity contribution in [2.45, 2.75) is 103 Å². The van der Waals surface area contributed by atoms with E-state index < -0.39 is 26.5 Å². The average molecular weight is 539 g/mol. The molecule has 9 nitrogen and oxygen atoms in total. The lowest BCUT2D eigenvalue weighted by Gasteiger charge is -2.24. The highest BCUT2D eigenvalue weighted by Gasteiger charge is 2.24. The van der Waals surface area contributed by atoms with Crippen molar-refractivity contribution in [3.05, 3.63) is 12.2 Å². The molecule has 0 fully saturated rings. The Balaban J connectivity index is 3.67. The summed E-state index contributed by atoms with van der Waals surface area (Å²) in [5, 5.41) is 19.8. The fraction of sp³-hybridized carbons (Fsp3) is 0.885. The zero-order valence-electron chi connectivity index (χ0n) is 23.1. The zero-order valence-corrected chi connectivity index (χ0v) is 24.0. The summed E-state index contributed by atoms with van der Waals surface area (Å²) in [6.45, 7) is 2.01. The molecule has 3 atom stereocenters. The molecule has 0 saturated heterocycles. The molecular formula is C26H53NO8P+. The highest BCUT2D eigenvalue weighted by Crippen LogP contribution is 2.43. The van der Waals surface area contributed by atoms with Crippen molar-refractivity contribution in [2.75, 3.05) is 47.5 Å². The molecule has 3 N–H and O–H groups in total. The normalized spacial score (nSPS) is 15.6. The van der Waals surface area contributed by atoms with Crippen molar-refractivity contribution in [3.63, 3.8) is 0 Å². The Morgan fingerprint density at radius 2 is 1.56 bits per heavy atom. The van der Waals surface area contributed by atoms with Crippen LogP contribution in [-0.4, -0.2) is 85.3 Å². The number of hydrogen-bond donors (Lipinski definition) is 3. The summed E-state index contributed by atoms with van der Waals surface area (Å²) in [5.74, 6) is -0.410. The first-order valence-corrected chi connectivity index (χ1v) is 15.1. The van der Waals surface area contributed by atoms with Crippen LogP contribution in [0.15, 0.2) is 12.2 Å². The molecule has 0 spiro atoms. The van der Waals surface area contributed by atoms with Gasteiger partial charge in [0.15, 0.2) is 0 Å². The molecule has 10 heteroatoms. The first kappa shape index (κ1) is 35.2. The van der Waals surface area contributed by atoms with Gasteiger partial charge < -0.3 is 24.3 Å². The molecule has 2 unspecified atom stereocenters. The van der Waals surface area contributed by atoms with Crippen LogP contribution in [-0.2, 0) is 23.1 Å². The number of hydrogen-bond acceptors (Lipinski definition) is 7. The topological polar surface area (TPSA) is 123 Å². The van der Waals surface area contributed by atoms with Crippen LogP contribution in [0.25, 0.3) is 0 Å². The van der Waals surface area contributed by atoms with E-state index in [1.165, 1.54) is 25.7 Å². The Hall–Kier alpha value is -0.800. The number of likely N-dealkylation sites (N-methyl/N-ethyl adjacent to an activating group) is 1. The molecule has 0 saturated carbocycles. The smallest absolute Gasteiger partial charge is 0.463 e. The summed E-state index contributed by atoms with van der Waals surface area (Å²) in [6.07, 6.45) is 15.3. The molecule has 0 bridgehead atoms. The molecule has 0 aromatic heterocycles. The maximum Gasteiger partial charge on any atom is 0.472 e. The number of rotatable bonds is 24. The number of aliphatic hydroxyl groups is 2. The number of allylic oxidation sites excluding steroid dienone is 1.